The number of benzene rings is 2. The molecule has 0 bridgehead atoms. The van der Waals surface area contributed by atoms with Crippen LogP contribution in [-0.4, -0.2) is 27.5 Å². The van der Waals surface area contributed by atoms with Crippen LogP contribution in [0.1, 0.15) is 18.9 Å². The minimum atomic E-state index is -3.16. The summed E-state index contributed by atoms with van der Waals surface area (Å²) < 4.78 is 28.3. The fourth-order valence-corrected chi connectivity index (χ4v) is 2.43. The van der Waals surface area contributed by atoms with Gasteiger partial charge in [-0.2, -0.15) is 0 Å². The Balaban J connectivity index is 2.05. The molecule has 22 heavy (non-hydrogen) atoms. The van der Waals surface area contributed by atoms with Crippen LogP contribution in [0.4, 0.5) is 5.69 Å². The molecule has 0 aliphatic carbocycles. The van der Waals surface area contributed by atoms with Gasteiger partial charge < -0.3 is 4.74 Å². The first-order valence-electron chi connectivity index (χ1n) is 7.06. The van der Waals surface area contributed by atoms with Gasteiger partial charge in [-0.3, -0.25) is 4.99 Å². The summed E-state index contributed by atoms with van der Waals surface area (Å²) in [5, 5.41) is 0. The van der Waals surface area contributed by atoms with Gasteiger partial charge >= 0.3 is 0 Å². The first kappa shape index (κ1) is 16.2. The highest BCUT2D eigenvalue weighted by Crippen LogP contribution is 2.17. The maximum absolute atomic E-state index is 11.4. The second kappa shape index (κ2) is 7.22. The highest BCUT2D eigenvalue weighted by Gasteiger charge is 2.05. The van der Waals surface area contributed by atoms with Crippen molar-refractivity contribution in [3.63, 3.8) is 0 Å². The van der Waals surface area contributed by atoms with Crippen molar-refractivity contribution in [1.29, 1.82) is 0 Å². The van der Waals surface area contributed by atoms with E-state index in [2.05, 4.69) is 11.9 Å². The fraction of sp³-hybridized carbons (Fsp3) is 0.235. The van der Waals surface area contributed by atoms with Gasteiger partial charge in [-0.1, -0.05) is 6.92 Å². The van der Waals surface area contributed by atoms with Crippen LogP contribution >= 0.6 is 0 Å². The Hall–Kier alpha value is -2.14. The van der Waals surface area contributed by atoms with Crippen LogP contribution in [0.15, 0.2) is 58.4 Å². The normalized spacial score (nSPS) is 11.7. The quantitative estimate of drug-likeness (QED) is 0.764. The molecule has 0 N–H and O–H groups in total. The summed E-state index contributed by atoms with van der Waals surface area (Å²) in [7, 11) is -3.16. The molecule has 0 aliphatic heterocycles. The Morgan fingerprint density at radius 2 is 1.68 bits per heavy atom. The van der Waals surface area contributed by atoms with E-state index >= 15 is 0 Å². The minimum Gasteiger partial charge on any atom is -0.494 e. The lowest BCUT2D eigenvalue weighted by atomic mass is 10.2. The molecule has 0 spiro atoms. The summed E-state index contributed by atoms with van der Waals surface area (Å²) in [5.74, 6) is 0.844. The van der Waals surface area contributed by atoms with Crippen LogP contribution in [0.3, 0.4) is 0 Å². The first-order chi connectivity index (χ1) is 10.5. The van der Waals surface area contributed by atoms with Crippen molar-refractivity contribution in [3.8, 4) is 5.75 Å². The molecule has 0 radical (unpaired) electrons. The van der Waals surface area contributed by atoms with Gasteiger partial charge in [-0.05, 0) is 60.5 Å². The summed E-state index contributed by atoms with van der Waals surface area (Å²) in [6.07, 6.45) is 3.90. The second-order valence-corrected chi connectivity index (χ2v) is 6.96. The summed E-state index contributed by atoms with van der Waals surface area (Å²) in [5.41, 5.74) is 1.66. The third-order valence-electron chi connectivity index (χ3n) is 2.98. The van der Waals surface area contributed by atoms with Gasteiger partial charge in [0.25, 0.3) is 0 Å². The lowest BCUT2D eigenvalue weighted by molar-refractivity contribution is 0.317. The van der Waals surface area contributed by atoms with Crippen molar-refractivity contribution < 1.29 is 13.2 Å². The summed E-state index contributed by atoms with van der Waals surface area (Å²) in [4.78, 5) is 4.63. The third-order valence-corrected chi connectivity index (χ3v) is 4.11. The van der Waals surface area contributed by atoms with E-state index < -0.39 is 9.84 Å². The van der Waals surface area contributed by atoms with Crippen LogP contribution in [-0.2, 0) is 9.84 Å². The monoisotopic (exact) mass is 317 g/mol. The largest absolute Gasteiger partial charge is 0.494 e. The summed E-state index contributed by atoms with van der Waals surface area (Å²) in [6, 6.07) is 14.2. The van der Waals surface area contributed by atoms with Gasteiger partial charge in [0, 0.05) is 12.5 Å². The molecule has 0 amide bonds. The van der Waals surface area contributed by atoms with Crippen LogP contribution in [0.5, 0.6) is 5.75 Å². The average molecular weight is 317 g/mol. The lowest BCUT2D eigenvalue weighted by Gasteiger charge is -2.03. The molecule has 116 valence electrons. The molecule has 0 saturated carbocycles. The molecule has 4 nitrogen and oxygen atoms in total. The predicted molar refractivity (Wildman–Crippen MR) is 89.0 cm³/mol. The molecule has 0 aliphatic rings. The molecule has 0 fully saturated rings. The maximum atomic E-state index is 11.4. The highest BCUT2D eigenvalue weighted by atomic mass is 32.2. The summed E-state index contributed by atoms with van der Waals surface area (Å²) in [6.45, 7) is 2.77. The number of sulfone groups is 1. The van der Waals surface area contributed by atoms with Gasteiger partial charge in [-0.15, -0.1) is 0 Å². The van der Waals surface area contributed by atoms with Gasteiger partial charge in [0.15, 0.2) is 9.84 Å². The molecule has 0 aromatic heterocycles. The number of hydrogen-bond donors (Lipinski definition) is 0. The molecule has 2 rings (SSSR count). The SMILES string of the molecule is CCCOc1ccc(C=Nc2ccc(S(C)(=O)=O)cc2)cc1. The topological polar surface area (TPSA) is 55.7 Å². The average Bonchev–Trinajstić information content (AvgIpc) is 2.51. The van der Waals surface area contributed by atoms with E-state index in [0.29, 0.717) is 17.2 Å². The Morgan fingerprint density at radius 1 is 1.05 bits per heavy atom. The number of ether oxygens (including phenoxy) is 1. The predicted octanol–water partition coefficient (Wildman–Crippen LogP) is 3.63. The first-order valence-corrected chi connectivity index (χ1v) is 8.95. The smallest absolute Gasteiger partial charge is 0.175 e. The van der Waals surface area contributed by atoms with Crippen molar-refractivity contribution in [1.82, 2.24) is 0 Å². The molecule has 2 aromatic carbocycles. The summed E-state index contributed by atoms with van der Waals surface area (Å²) >= 11 is 0. The zero-order chi connectivity index (χ0) is 16.0. The van der Waals surface area contributed by atoms with Crippen molar-refractivity contribution in [2.45, 2.75) is 18.2 Å². The van der Waals surface area contributed by atoms with E-state index in [1.165, 1.54) is 6.26 Å². The van der Waals surface area contributed by atoms with Gasteiger partial charge in [0.1, 0.15) is 5.75 Å². The van der Waals surface area contributed by atoms with E-state index in [-0.39, 0.29) is 0 Å². The van der Waals surface area contributed by atoms with E-state index in [0.717, 1.165) is 17.7 Å². The van der Waals surface area contributed by atoms with E-state index in [1.807, 2.05) is 24.3 Å². The van der Waals surface area contributed by atoms with Gasteiger partial charge in [-0.25, -0.2) is 8.42 Å². The number of nitrogens with zero attached hydrogens (tertiary/aromatic N) is 1. The fourth-order valence-electron chi connectivity index (χ4n) is 1.80. The van der Waals surface area contributed by atoms with Crippen LogP contribution < -0.4 is 4.74 Å². The van der Waals surface area contributed by atoms with Crippen molar-refractivity contribution in [3.05, 3.63) is 54.1 Å². The Labute approximate surface area is 131 Å². The number of aliphatic imine (C=N–C) groups is 1. The minimum absolute atomic E-state index is 0.295. The van der Waals surface area contributed by atoms with E-state index in [1.54, 1.807) is 30.5 Å². The molecule has 0 heterocycles. The van der Waals surface area contributed by atoms with Crippen molar-refractivity contribution >= 4 is 21.7 Å². The third kappa shape index (κ3) is 4.70. The standard InChI is InChI=1S/C17H19NO3S/c1-3-12-21-16-8-4-14(5-9-16)13-18-15-6-10-17(11-7-15)22(2,19)20/h4-11,13H,3,12H2,1-2H3. The van der Waals surface area contributed by atoms with E-state index in [9.17, 15) is 8.42 Å². The maximum Gasteiger partial charge on any atom is 0.175 e. The Kier molecular flexibility index (Phi) is 5.33. The van der Waals surface area contributed by atoms with E-state index in [4.69, 9.17) is 4.74 Å². The molecule has 0 saturated heterocycles. The van der Waals surface area contributed by atoms with Crippen LogP contribution in [0.2, 0.25) is 0 Å². The zero-order valence-electron chi connectivity index (χ0n) is 12.7. The molecule has 5 heteroatoms. The molecule has 2 aromatic rings. The van der Waals surface area contributed by atoms with Crippen LogP contribution in [0, 0.1) is 0 Å². The van der Waals surface area contributed by atoms with Gasteiger partial charge in [0.05, 0.1) is 17.2 Å². The molecular formula is C17H19NO3S. The number of hydrogen-bond acceptors (Lipinski definition) is 4. The highest BCUT2D eigenvalue weighted by molar-refractivity contribution is 7.90. The molecular weight excluding hydrogens is 298 g/mol. The van der Waals surface area contributed by atoms with Gasteiger partial charge in [0.2, 0.25) is 0 Å². The van der Waals surface area contributed by atoms with Crippen LogP contribution in [0.25, 0.3) is 0 Å². The van der Waals surface area contributed by atoms with Crippen molar-refractivity contribution in [2.75, 3.05) is 12.9 Å². The lowest BCUT2D eigenvalue weighted by Crippen LogP contribution is -1.95. The Morgan fingerprint density at radius 3 is 2.23 bits per heavy atom. The molecule has 0 unspecified atom stereocenters. The number of rotatable bonds is 6. The van der Waals surface area contributed by atoms with Crippen molar-refractivity contribution in [2.24, 2.45) is 4.99 Å². The zero-order valence-corrected chi connectivity index (χ0v) is 13.5. The Bertz CT molecular complexity index is 732. The molecule has 0 atom stereocenters. The second-order valence-electron chi connectivity index (χ2n) is 4.94.